The molecule has 2 N–H and O–H groups in total. The van der Waals surface area contributed by atoms with E-state index in [0.717, 1.165) is 17.3 Å². The molecule has 1 aromatic carbocycles. The van der Waals surface area contributed by atoms with Crippen LogP contribution in [0.5, 0.6) is 0 Å². The summed E-state index contributed by atoms with van der Waals surface area (Å²) in [7, 11) is 0. The summed E-state index contributed by atoms with van der Waals surface area (Å²) in [6.45, 7) is 1.87. The molecule has 2 amide bonds. The summed E-state index contributed by atoms with van der Waals surface area (Å²) in [6, 6.07) is 7.52. The fourth-order valence-electron chi connectivity index (χ4n) is 2.68. The largest absolute Gasteiger partial charge is 0.364 e. The molecule has 3 rings (SSSR count). The smallest absolute Gasteiger partial charge is 0.315 e. The van der Waals surface area contributed by atoms with Gasteiger partial charge >= 0.3 is 6.03 Å². The van der Waals surface area contributed by atoms with E-state index in [9.17, 15) is 4.79 Å². The highest BCUT2D eigenvalue weighted by molar-refractivity contribution is 9.10. The van der Waals surface area contributed by atoms with E-state index < -0.39 is 0 Å². The van der Waals surface area contributed by atoms with E-state index in [-0.39, 0.29) is 18.1 Å². The number of carbonyl (C=O) groups is 1. The summed E-state index contributed by atoms with van der Waals surface area (Å²) < 4.78 is 5.90. The van der Waals surface area contributed by atoms with Gasteiger partial charge in [0.25, 0.3) is 0 Å². The Morgan fingerprint density at radius 1 is 1.48 bits per heavy atom. The molecule has 5 nitrogen and oxygen atoms in total. The number of fused-ring (bicyclic) bond motifs is 1. The van der Waals surface area contributed by atoms with Crippen molar-refractivity contribution in [3.63, 3.8) is 0 Å². The Morgan fingerprint density at radius 2 is 2.33 bits per heavy atom. The Morgan fingerprint density at radius 3 is 3.10 bits per heavy atom. The molecule has 0 fully saturated rings. The van der Waals surface area contributed by atoms with Gasteiger partial charge in [-0.2, -0.15) is 0 Å². The lowest BCUT2D eigenvalue weighted by atomic mass is 10.1. The third-order valence-corrected chi connectivity index (χ3v) is 4.51. The second kappa shape index (κ2) is 5.89. The van der Waals surface area contributed by atoms with Crippen molar-refractivity contribution < 1.29 is 9.32 Å². The second-order valence-corrected chi connectivity index (χ2v) is 6.02. The zero-order chi connectivity index (χ0) is 14.8. The number of aromatic nitrogens is 1. The average molecular weight is 350 g/mol. The molecule has 1 aromatic heterocycles. The Balaban J connectivity index is 1.63. The molecule has 6 heteroatoms. The molecule has 0 bridgehead atoms. The van der Waals surface area contributed by atoms with Gasteiger partial charge in [-0.1, -0.05) is 33.2 Å². The van der Waals surface area contributed by atoms with E-state index in [1.165, 1.54) is 17.4 Å². The topological polar surface area (TPSA) is 67.2 Å². The van der Waals surface area contributed by atoms with Crippen LogP contribution in [-0.2, 0) is 6.42 Å². The van der Waals surface area contributed by atoms with Gasteiger partial charge < -0.3 is 15.2 Å². The molecule has 2 atom stereocenters. The van der Waals surface area contributed by atoms with Gasteiger partial charge in [0.15, 0.2) is 0 Å². The molecule has 0 saturated heterocycles. The minimum absolute atomic E-state index is 0.0574. The molecule has 0 saturated carbocycles. The second-order valence-electron chi connectivity index (χ2n) is 5.16. The van der Waals surface area contributed by atoms with E-state index in [1.807, 2.05) is 19.1 Å². The highest BCUT2D eigenvalue weighted by Crippen LogP contribution is 2.35. The van der Waals surface area contributed by atoms with E-state index in [0.29, 0.717) is 5.69 Å². The van der Waals surface area contributed by atoms with Crippen molar-refractivity contribution in [1.82, 2.24) is 15.8 Å². The normalized spacial score (nSPS) is 18.1. The lowest BCUT2D eigenvalue weighted by Crippen LogP contribution is -2.38. The van der Waals surface area contributed by atoms with Gasteiger partial charge in [0, 0.05) is 10.5 Å². The van der Waals surface area contributed by atoms with E-state index in [4.69, 9.17) is 4.52 Å². The van der Waals surface area contributed by atoms with Gasteiger partial charge in [0.05, 0.1) is 12.1 Å². The monoisotopic (exact) mass is 349 g/mol. The third kappa shape index (κ3) is 2.95. The van der Waals surface area contributed by atoms with Crippen LogP contribution in [0.1, 0.15) is 42.2 Å². The first-order valence-corrected chi connectivity index (χ1v) is 7.69. The zero-order valence-electron chi connectivity index (χ0n) is 11.6. The third-order valence-electron chi connectivity index (χ3n) is 3.77. The van der Waals surface area contributed by atoms with Crippen molar-refractivity contribution in [2.45, 2.75) is 31.8 Å². The van der Waals surface area contributed by atoms with Crippen molar-refractivity contribution in [2.24, 2.45) is 0 Å². The number of hydrogen-bond donors (Lipinski definition) is 2. The molecular weight excluding hydrogens is 334 g/mol. The van der Waals surface area contributed by atoms with Crippen LogP contribution in [0.25, 0.3) is 0 Å². The van der Waals surface area contributed by atoms with Crippen LogP contribution in [-0.4, -0.2) is 11.2 Å². The zero-order valence-corrected chi connectivity index (χ0v) is 13.2. The summed E-state index contributed by atoms with van der Waals surface area (Å²) in [5.74, 6) is 0. The van der Waals surface area contributed by atoms with Gasteiger partial charge in [-0.15, -0.1) is 0 Å². The van der Waals surface area contributed by atoms with E-state index in [2.05, 4.69) is 37.8 Å². The highest BCUT2D eigenvalue weighted by Gasteiger charge is 2.25. The van der Waals surface area contributed by atoms with Crippen LogP contribution in [0.3, 0.4) is 0 Å². The first-order chi connectivity index (χ1) is 10.1. The molecule has 1 aliphatic rings. The molecule has 0 radical (unpaired) electrons. The van der Waals surface area contributed by atoms with Gasteiger partial charge in [-0.25, -0.2) is 4.79 Å². The lowest BCUT2D eigenvalue weighted by Gasteiger charge is -2.17. The maximum Gasteiger partial charge on any atom is 0.315 e. The fourth-order valence-corrected chi connectivity index (χ4v) is 3.26. The molecule has 110 valence electrons. The first kappa shape index (κ1) is 14.1. The Kier molecular flexibility index (Phi) is 3.96. The fraction of sp³-hybridized carbons (Fsp3) is 0.333. The Labute approximate surface area is 131 Å². The molecule has 1 aliphatic carbocycles. The number of halogens is 1. The van der Waals surface area contributed by atoms with Gasteiger partial charge in [-0.05, 0) is 37.0 Å². The molecule has 2 aromatic rings. The van der Waals surface area contributed by atoms with Gasteiger partial charge in [-0.3, -0.25) is 0 Å². The summed E-state index contributed by atoms with van der Waals surface area (Å²) in [6.07, 6.45) is 3.39. The predicted molar refractivity (Wildman–Crippen MR) is 81.8 cm³/mol. The van der Waals surface area contributed by atoms with Crippen LogP contribution in [0, 0.1) is 0 Å². The van der Waals surface area contributed by atoms with Crippen molar-refractivity contribution in [1.29, 1.82) is 0 Å². The molecule has 21 heavy (non-hydrogen) atoms. The Bertz CT molecular complexity index is 642. The maximum absolute atomic E-state index is 12.1. The number of rotatable bonds is 3. The number of nitrogens with zero attached hydrogens (tertiary/aromatic N) is 1. The number of carbonyl (C=O) groups excluding carboxylic acids is 1. The van der Waals surface area contributed by atoms with E-state index in [1.54, 1.807) is 6.07 Å². The quantitative estimate of drug-likeness (QED) is 0.891. The number of hydrogen-bond acceptors (Lipinski definition) is 3. The first-order valence-electron chi connectivity index (χ1n) is 6.89. The van der Waals surface area contributed by atoms with Crippen LogP contribution < -0.4 is 10.6 Å². The maximum atomic E-state index is 12.1. The lowest BCUT2D eigenvalue weighted by molar-refractivity contribution is 0.233. The van der Waals surface area contributed by atoms with Crippen molar-refractivity contribution in [2.75, 3.05) is 0 Å². The molecule has 0 spiro atoms. The van der Waals surface area contributed by atoms with Crippen LogP contribution in [0.2, 0.25) is 0 Å². The number of urea groups is 1. The molecule has 1 heterocycles. The van der Waals surface area contributed by atoms with E-state index >= 15 is 0 Å². The van der Waals surface area contributed by atoms with Crippen LogP contribution in [0.4, 0.5) is 4.79 Å². The highest BCUT2D eigenvalue weighted by atomic mass is 79.9. The summed E-state index contributed by atoms with van der Waals surface area (Å²) >= 11 is 3.56. The Hall–Kier alpha value is -1.82. The summed E-state index contributed by atoms with van der Waals surface area (Å²) in [5, 5.41) is 9.72. The average Bonchev–Trinajstić information content (AvgIpc) is 3.09. The minimum atomic E-state index is -0.191. The number of benzene rings is 1. The minimum Gasteiger partial charge on any atom is -0.364 e. The number of nitrogens with one attached hydrogen (secondary N) is 2. The van der Waals surface area contributed by atoms with Gasteiger partial charge in [0.1, 0.15) is 12.0 Å². The summed E-state index contributed by atoms with van der Waals surface area (Å²) in [4.78, 5) is 12.1. The summed E-state index contributed by atoms with van der Waals surface area (Å²) in [5.41, 5.74) is 3.18. The van der Waals surface area contributed by atoms with Gasteiger partial charge in [0.2, 0.25) is 0 Å². The number of amides is 2. The SMILES string of the molecule is CC(NC(=O)N[C@@H]1CCc2c(Br)cccc21)c1ccon1. The van der Waals surface area contributed by atoms with Crippen LogP contribution in [0.15, 0.2) is 39.5 Å². The molecular formula is C15H16BrN3O2. The van der Waals surface area contributed by atoms with Crippen LogP contribution >= 0.6 is 15.9 Å². The van der Waals surface area contributed by atoms with Crippen molar-refractivity contribution in [3.05, 3.63) is 51.8 Å². The standard InChI is InChI=1S/C15H16BrN3O2/c1-9(13-7-8-21-19-13)17-15(20)18-14-6-5-10-11(14)3-2-4-12(10)16/h2-4,7-9,14H,5-6H2,1H3,(H2,17,18,20)/t9?,14-/m1/s1. The predicted octanol–water partition coefficient (Wildman–Crippen LogP) is 3.48. The molecule has 1 unspecified atom stereocenters. The van der Waals surface area contributed by atoms with Crippen molar-refractivity contribution in [3.8, 4) is 0 Å². The molecule has 0 aliphatic heterocycles. The van der Waals surface area contributed by atoms with Crippen molar-refractivity contribution >= 4 is 22.0 Å².